The van der Waals surface area contributed by atoms with E-state index in [2.05, 4.69) is 9.97 Å². The van der Waals surface area contributed by atoms with Crippen molar-refractivity contribution in [2.75, 3.05) is 0 Å². The molecule has 2 aromatic rings. The van der Waals surface area contributed by atoms with Crippen LogP contribution in [-0.4, -0.2) is 15.1 Å². The molecule has 0 fully saturated rings. The summed E-state index contributed by atoms with van der Waals surface area (Å²) in [6.45, 7) is 3.80. The number of benzene rings is 1. The van der Waals surface area contributed by atoms with E-state index in [1.807, 2.05) is 19.9 Å². The third-order valence-corrected chi connectivity index (χ3v) is 3.47. The van der Waals surface area contributed by atoms with Gasteiger partial charge in [0.15, 0.2) is 0 Å². The fourth-order valence-electron chi connectivity index (χ4n) is 1.68. The van der Waals surface area contributed by atoms with Gasteiger partial charge in [-0.1, -0.05) is 43.1 Å². The van der Waals surface area contributed by atoms with E-state index in [0.29, 0.717) is 27.1 Å². The summed E-state index contributed by atoms with van der Waals surface area (Å²) in [4.78, 5) is 8.28. The van der Waals surface area contributed by atoms with Gasteiger partial charge in [0.2, 0.25) is 5.88 Å². The van der Waals surface area contributed by atoms with Crippen LogP contribution in [0.15, 0.2) is 18.2 Å². The Morgan fingerprint density at radius 1 is 1.20 bits per heavy atom. The molecule has 0 aliphatic carbocycles. The van der Waals surface area contributed by atoms with Gasteiger partial charge in [-0.2, -0.15) is 10.2 Å². The molecule has 0 aliphatic rings. The fraction of sp³-hybridized carbons (Fsp3) is 0.214. The molecule has 1 aromatic heterocycles. The molecule has 20 heavy (non-hydrogen) atoms. The second-order valence-electron chi connectivity index (χ2n) is 4.52. The molecule has 0 bridgehead atoms. The highest BCUT2D eigenvalue weighted by molar-refractivity contribution is 6.42. The SMILES string of the molecule is CC(C)c1nc(O)c(C#N)c(-c2ccc(Cl)c(Cl)c2)n1. The lowest BCUT2D eigenvalue weighted by Gasteiger charge is -2.10. The van der Waals surface area contributed by atoms with Gasteiger partial charge in [0.25, 0.3) is 0 Å². The van der Waals surface area contributed by atoms with Gasteiger partial charge >= 0.3 is 0 Å². The minimum atomic E-state index is -0.327. The first-order valence-electron chi connectivity index (χ1n) is 5.90. The maximum Gasteiger partial charge on any atom is 0.233 e. The summed E-state index contributed by atoms with van der Waals surface area (Å²) in [7, 11) is 0. The van der Waals surface area contributed by atoms with Crippen molar-refractivity contribution >= 4 is 23.2 Å². The average molecular weight is 308 g/mol. The van der Waals surface area contributed by atoms with Crippen LogP contribution in [0.3, 0.4) is 0 Å². The highest BCUT2D eigenvalue weighted by Gasteiger charge is 2.17. The molecule has 4 nitrogen and oxygen atoms in total. The molecule has 0 atom stereocenters. The van der Waals surface area contributed by atoms with E-state index >= 15 is 0 Å². The lowest BCUT2D eigenvalue weighted by molar-refractivity contribution is 0.445. The van der Waals surface area contributed by atoms with E-state index in [0.717, 1.165) is 0 Å². The van der Waals surface area contributed by atoms with Crippen LogP contribution >= 0.6 is 23.2 Å². The Hall–Kier alpha value is -1.83. The lowest BCUT2D eigenvalue weighted by Crippen LogP contribution is -2.02. The quantitative estimate of drug-likeness (QED) is 0.904. The molecule has 0 spiro atoms. The molecule has 1 aromatic carbocycles. The minimum absolute atomic E-state index is 0.0211. The molecule has 1 heterocycles. The van der Waals surface area contributed by atoms with Crippen molar-refractivity contribution in [3.63, 3.8) is 0 Å². The van der Waals surface area contributed by atoms with Gasteiger partial charge in [-0.3, -0.25) is 0 Å². The Morgan fingerprint density at radius 3 is 2.45 bits per heavy atom. The smallest absolute Gasteiger partial charge is 0.233 e. The Kier molecular flexibility index (Phi) is 4.12. The molecule has 6 heteroatoms. The average Bonchev–Trinajstić information content (AvgIpc) is 2.40. The Morgan fingerprint density at radius 2 is 1.90 bits per heavy atom. The molecule has 102 valence electrons. The van der Waals surface area contributed by atoms with Crippen LogP contribution in [0.1, 0.15) is 31.2 Å². The molecule has 0 saturated heterocycles. The number of halogens is 2. The third-order valence-electron chi connectivity index (χ3n) is 2.73. The summed E-state index contributed by atoms with van der Waals surface area (Å²) in [6.07, 6.45) is 0. The molecular weight excluding hydrogens is 297 g/mol. The van der Waals surface area contributed by atoms with Gasteiger partial charge in [-0.05, 0) is 12.1 Å². The number of hydrogen-bond donors (Lipinski definition) is 1. The van der Waals surface area contributed by atoms with Crippen LogP contribution in [0, 0.1) is 11.3 Å². The van der Waals surface area contributed by atoms with Crippen LogP contribution in [-0.2, 0) is 0 Å². The van der Waals surface area contributed by atoms with Crippen molar-refractivity contribution in [1.82, 2.24) is 9.97 Å². The van der Waals surface area contributed by atoms with Crippen molar-refractivity contribution in [3.8, 4) is 23.2 Å². The van der Waals surface area contributed by atoms with Gasteiger partial charge in [0.1, 0.15) is 17.5 Å². The van der Waals surface area contributed by atoms with Crippen molar-refractivity contribution < 1.29 is 5.11 Å². The summed E-state index contributed by atoms with van der Waals surface area (Å²) >= 11 is 11.9. The normalized spacial score (nSPS) is 10.6. The zero-order valence-electron chi connectivity index (χ0n) is 10.9. The second kappa shape index (κ2) is 5.66. The highest BCUT2D eigenvalue weighted by atomic mass is 35.5. The maximum absolute atomic E-state index is 9.87. The Balaban J connectivity index is 2.71. The first kappa shape index (κ1) is 14.6. The zero-order chi connectivity index (χ0) is 14.9. The molecule has 2 rings (SSSR count). The molecule has 0 radical (unpaired) electrons. The number of aromatic nitrogens is 2. The van der Waals surface area contributed by atoms with E-state index in [1.54, 1.807) is 18.2 Å². The van der Waals surface area contributed by atoms with Crippen LogP contribution in [0.4, 0.5) is 0 Å². The summed E-state index contributed by atoms with van der Waals surface area (Å²) in [6, 6.07) is 6.83. The summed E-state index contributed by atoms with van der Waals surface area (Å²) < 4.78 is 0. The third kappa shape index (κ3) is 2.69. The molecule has 1 N–H and O–H groups in total. The second-order valence-corrected chi connectivity index (χ2v) is 5.34. The monoisotopic (exact) mass is 307 g/mol. The van der Waals surface area contributed by atoms with Gasteiger partial charge in [0, 0.05) is 11.5 Å². The van der Waals surface area contributed by atoms with Gasteiger partial charge in [0.05, 0.1) is 15.7 Å². The fourth-order valence-corrected chi connectivity index (χ4v) is 1.98. The molecule has 0 amide bonds. The van der Waals surface area contributed by atoms with Crippen molar-refractivity contribution in [3.05, 3.63) is 39.6 Å². The summed E-state index contributed by atoms with van der Waals surface area (Å²) in [5, 5.41) is 19.8. The molecule has 0 saturated carbocycles. The first-order chi connectivity index (χ1) is 9.43. The van der Waals surface area contributed by atoms with Crippen LogP contribution in [0.25, 0.3) is 11.3 Å². The standard InChI is InChI=1S/C14H11Cl2N3O/c1-7(2)13-18-12(9(6-17)14(20)19-13)8-3-4-10(15)11(16)5-8/h3-5,7H,1-2H3,(H,18,19,20). The highest BCUT2D eigenvalue weighted by Crippen LogP contribution is 2.32. The predicted molar refractivity (Wildman–Crippen MR) is 78.0 cm³/mol. The van der Waals surface area contributed by atoms with Crippen molar-refractivity contribution in [2.45, 2.75) is 19.8 Å². The zero-order valence-corrected chi connectivity index (χ0v) is 12.4. The Bertz CT molecular complexity index is 708. The number of hydrogen-bond acceptors (Lipinski definition) is 4. The first-order valence-corrected chi connectivity index (χ1v) is 6.66. The van der Waals surface area contributed by atoms with Gasteiger partial charge in [-0.25, -0.2) is 4.98 Å². The van der Waals surface area contributed by atoms with Crippen molar-refractivity contribution in [1.29, 1.82) is 5.26 Å². The topological polar surface area (TPSA) is 69.8 Å². The number of aromatic hydroxyl groups is 1. The van der Waals surface area contributed by atoms with E-state index in [9.17, 15) is 5.11 Å². The summed E-state index contributed by atoms with van der Waals surface area (Å²) in [5.74, 6) is 0.157. The minimum Gasteiger partial charge on any atom is -0.492 e. The van der Waals surface area contributed by atoms with Gasteiger partial charge < -0.3 is 5.11 Å². The summed E-state index contributed by atoms with van der Waals surface area (Å²) in [5.41, 5.74) is 0.977. The molecular formula is C14H11Cl2N3O. The number of nitrogens with zero attached hydrogens (tertiary/aromatic N) is 3. The van der Waals surface area contributed by atoms with Crippen LogP contribution < -0.4 is 0 Å². The van der Waals surface area contributed by atoms with E-state index < -0.39 is 0 Å². The number of nitriles is 1. The predicted octanol–water partition coefficient (Wildman–Crippen LogP) is 4.15. The van der Waals surface area contributed by atoms with E-state index in [4.69, 9.17) is 28.5 Å². The Labute approximate surface area is 126 Å². The molecule has 0 aliphatic heterocycles. The van der Waals surface area contributed by atoms with Gasteiger partial charge in [-0.15, -0.1) is 0 Å². The molecule has 0 unspecified atom stereocenters. The van der Waals surface area contributed by atoms with E-state index in [1.165, 1.54) is 0 Å². The van der Waals surface area contributed by atoms with Crippen LogP contribution in [0.2, 0.25) is 10.0 Å². The largest absolute Gasteiger partial charge is 0.492 e. The van der Waals surface area contributed by atoms with Crippen molar-refractivity contribution in [2.24, 2.45) is 0 Å². The number of rotatable bonds is 2. The lowest BCUT2D eigenvalue weighted by atomic mass is 10.1. The van der Waals surface area contributed by atoms with E-state index in [-0.39, 0.29) is 17.4 Å². The maximum atomic E-state index is 9.87. The van der Waals surface area contributed by atoms with Crippen LogP contribution in [0.5, 0.6) is 5.88 Å².